The van der Waals surface area contributed by atoms with Crippen LogP contribution >= 0.6 is 0 Å². The molecule has 0 spiro atoms. The Bertz CT molecular complexity index is 305. The summed E-state index contributed by atoms with van der Waals surface area (Å²) in [4.78, 5) is 0. The van der Waals surface area contributed by atoms with Crippen molar-refractivity contribution in [3.05, 3.63) is 23.7 Å². The number of rotatable bonds is 3. The first-order valence-corrected chi connectivity index (χ1v) is 6.15. The molecule has 1 aliphatic heterocycles. The van der Waals surface area contributed by atoms with E-state index in [-0.39, 0.29) is 0 Å². The molecule has 1 N–H and O–H groups in total. The molecule has 2 rings (SSSR count). The maximum atomic E-state index is 5.80. The molecule has 0 aliphatic carbocycles. The third-order valence-electron chi connectivity index (χ3n) is 3.46. The number of hydrogen-bond acceptors (Lipinski definition) is 2. The van der Waals surface area contributed by atoms with Gasteiger partial charge in [0.2, 0.25) is 0 Å². The highest BCUT2D eigenvalue weighted by atomic mass is 16.3. The van der Waals surface area contributed by atoms with Crippen molar-refractivity contribution in [3.63, 3.8) is 0 Å². The highest BCUT2D eigenvalue weighted by Crippen LogP contribution is 2.29. The number of furan rings is 1. The van der Waals surface area contributed by atoms with Crippen molar-refractivity contribution in [2.75, 3.05) is 6.54 Å². The molecule has 15 heavy (non-hydrogen) atoms. The monoisotopic (exact) mass is 207 g/mol. The van der Waals surface area contributed by atoms with Crippen LogP contribution in [0.5, 0.6) is 0 Å². The standard InChI is InChI=1S/C13H21NO/c1-3-10-7-8-14-12(9-10)13-6-5-11(4-2)15-13/h5-6,10,12,14H,3-4,7-9H2,1-2H3. The zero-order valence-electron chi connectivity index (χ0n) is 9.75. The first-order chi connectivity index (χ1) is 7.33. The lowest BCUT2D eigenvalue weighted by Crippen LogP contribution is -2.31. The second-order valence-electron chi connectivity index (χ2n) is 4.46. The van der Waals surface area contributed by atoms with Crippen molar-refractivity contribution in [3.8, 4) is 0 Å². The van der Waals surface area contributed by atoms with Crippen LogP contribution in [0.15, 0.2) is 16.5 Å². The first-order valence-electron chi connectivity index (χ1n) is 6.15. The Morgan fingerprint density at radius 3 is 2.93 bits per heavy atom. The minimum Gasteiger partial charge on any atom is -0.464 e. The van der Waals surface area contributed by atoms with Gasteiger partial charge in [-0.05, 0) is 37.4 Å². The Hall–Kier alpha value is -0.760. The molecule has 0 amide bonds. The molecule has 1 aromatic heterocycles. The van der Waals surface area contributed by atoms with Crippen LogP contribution in [0.4, 0.5) is 0 Å². The molecular weight excluding hydrogens is 186 g/mol. The SMILES string of the molecule is CCc1ccc(C2CC(CC)CCN2)o1. The summed E-state index contributed by atoms with van der Waals surface area (Å²) in [6.45, 7) is 5.55. The summed E-state index contributed by atoms with van der Waals surface area (Å²) in [5.41, 5.74) is 0. The van der Waals surface area contributed by atoms with Crippen molar-refractivity contribution >= 4 is 0 Å². The molecule has 0 aromatic carbocycles. The summed E-state index contributed by atoms with van der Waals surface area (Å²) >= 11 is 0. The molecule has 1 aromatic rings. The van der Waals surface area contributed by atoms with Gasteiger partial charge in [0.1, 0.15) is 11.5 Å². The molecule has 1 saturated heterocycles. The minimum atomic E-state index is 0.448. The molecule has 0 bridgehead atoms. The third-order valence-corrected chi connectivity index (χ3v) is 3.46. The largest absolute Gasteiger partial charge is 0.464 e. The Morgan fingerprint density at radius 2 is 2.27 bits per heavy atom. The van der Waals surface area contributed by atoms with Gasteiger partial charge in [0.05, 0.1) is 6.04 Å². The summed E-state index contributed by atoms with van der Waals surface area (Å²) < 4.78 is 5.80. The fourth-order valence-electron chi connectivity index (χ4n) is 2.36. The van der Waals surface area contributed by atoms with E-state index in [1.165, 1.54) is 19.3 Å². The van der Waals surface area contributed by atoms with Gasteiger partial charge in [0.25, 0.3) is 0 Å². The van der Waals surface area contributed by atoms with Crippen molar-refractivity contribution in [2.24, 2.45) is 5.92 Å². The molecule has 84 valence electrons. The second-order valence-corrected chi connectivity index (χ2v) is 4.46. The van der Waals surface area contributed by atoms with E-state index in [4.69, 9.17) is 4.42 Å². The van der Waals surface area contributed by atoms with E-state index in [0.717, 1.165) is 30.4 Å². The Balaban J connectivity index is 2.03. The topological polar surface area (TPSA) is 25.2 Å². The maximum absolute atomic E-state index is 5.80. The van der Waals surface area contributed by atoms with Crippen molar-refractivity contribution in [1.29, 1.82) is 0 Å². The number of nitrogens with one attached hydrogen (secondary N) is 1. The third kappa shape index (κ3) is 2.43. The average Bonchev–Trinajstić information content (AvgIpc) is 2.78. The lowest BCUT2D eigenvalue weighted by Gasteiger charge is -2.28. The molecule has 2 heteroatoms. The second kappa shape index (κ2) is 4.84. The van der Waals surface area contributed by atoms with Crippen LogP contribution in [-0.4, -0.2) is 6.54 Å². The molecule has 0 radical (unpaired) electrons. The van der Waals surface area contributed by atoms with Gasteiger partial charge in [-0.15, -0.1) is 0 Å². The van der Waals surface area contributed by atoms with Crippen LogP contribution < -0.4 is 5.32 Å². The summed E-state index contributed by atoms with van der Waals surface area (Å²) in [5, 5.41) is 3.54. The van der Waals surface area contributed by atoms with Gasteiger partial charge >= 0.3 is 0 Å². The van der Waals surface area contributed by atoms with Gasteiger partial charge in [0.15, 0.2) is 0 Å². The summed E-state index contributed by atoms with van der Waals surface area (Å²) in [6, 6.07) is 4.69. The van der Waals surface area contributed by atoms with E-state index in [1.54, 1.807) is 0 Å². The van der Waals surface area contributed by atoms with Crippen LogP contribution in [-0.2, 0) is 6.42 Å². The van der Waals surface area contributed by atoms with Crippen LogP contribution in [0, 0.1) is 5.92 Å². The molecule has 2 unspecified atom stereocenters. The van der Waals surface area contributed by atoms with Gasteiger partial charge in [-0.2, -0.15) is 0 Å². The predicted molar refractivity (Wildman–Crippen MR) is 61.8 cm³/mol. The van der Waals surface area contributed by atoms with Crippen molar-refractivity contribution in [1.82, 2.24) is 5.32 Å². The summed E-state index contributed by atoms with van der Waals surface area (Å²) in [5.74, 6) is 3.10. The van der Waals surface area contributed by atoms with Crippen molar-refractivity contribution < 1.29 is 4.42 Å². The smallest absolute Gasteiger partial charge is 0.121 e. The van der Waals surface area contributed by atoms with E-state index in [1.807, 2.05) is 0 Å². The van der Waals surface area contributed by atoms with E-state index in [9.17, 15) is 0 Å². The fraction of sp³-hybridized carbons (Fsp3) is 0.692. The number of piperidine rings is 1. The average molecular weight is 207 g/mol. The molecule has 2 atom stereocenters. The molecule has 2 heterocycles. The summed E-state index contributed by atoms with van der Waals surface area (Å²) in [6.07, 6.45) is 4.82. The van der Waals surface area contributed by atoms with Crippen LogP contribution in [0.2, 0.25) is 0 Å². The van der Waals surface area contributed by atoms with Gasteiger partial charge < -0.3 is 9.73 Å². The van der Waals surface area contributed by atoms with Crippen molar-refractivity contribution in [2.45, 2.75) is 45.6 Å². The maximum Gasteiger partial charge on any atom is 0.121 e. The Labute approximate surface area is 92.1 Å². The minimum absolute atomic E-state index is 0.448. The molecule has 1 fully saturated rings. The normalized spacial score (nSPS) is 26.8. The zero-order valence-corrected chi connectivity index (χ0v) is 9.75. The van der Waals surface area contributed by atoms with E-state index >= 15 is 0 Å². The fourth-order valence-corrected chi connectivity index (χ4v) is 2.36. The van der Waals surface area contributed by atoms with Gasteiger partial charge in [-0.1, -0.05) is 20.3 Å². The van der Waals surface area contributed by atoms with E-state index in [0.29, 0.717) is 6.04 Å². The highest BCUT2D eigenvalue weighted by Gasteiger charge is 2.23. The quantitative estimate of drug-likeness (QED) is 0.822. The Kier molecular flexibility index (Phi) is 3.47. The lowest BCUT2D eigenvalue weighted by molar-refractivity contribution is 0.267. The predicted octanol–water partition coefficient (Wildman–Crippen LogP) is 3.29. The number of hydrogen-bond donors (Lipinski definition) is 1. The van der Waals surface area contributed by atoms with E-state index < -0.39 is 0 Å². The summed E-state index contributed by atoms with van der Waals surface area (Å²) in [7, 11) is 0. The van der Waals surface area contributed by atoms with Gasteiger partial charge in [-0.25, -0.2) is 0 Å². The molecule has 0 saturated carbocycles. The van der Waals surface area contributed by atoms with Gasteiger partial charge in [-0.3, -0.25) is 0 Å². The molecule has 1 aliphatic rings. The lowest BCUT2D eigenvalue weighted by atomic mass is 9.89. The first kappa shape index (κ1) is 10.7. The zero-order chi connectivity index (χ0) is 10.7. The van der Waals surface area contributed by atoms with Crippen LogP contribution in [0.3, 0.4) is 0 Å². The number of aryl methyl sites for hydroxylation is 1. The van der Waals surface area contributed by atoms with Crippen LogP contribution in [0.25, 0.3) is 0 Å². The highest BCUT2D eigenvalue weighted by molar-refractivity contribution is 5.11. The Morgan fingerprint density at radius 1 is 1.40 bits per heavy atom. The van der Waals surface area contributed by atoms with Gasteiger partial charge in [0, 0.05) is 6.42 Å². The van der Waals surface area contributed by atoms with E-state index in [2.05, 4.69) is 31.3 Å². The molecular formula is C13H21NO. The molecule has 2 nitrogen and oxygen atoms in total. The van der Waals surface area contributed by atoms with Crippen LogP contribution in [0.1, 0.15) is 50.7 Å².